The largest absolute Gasteiger partial charge is 0.457 e. The van der Waals surface area contributed by atoms with Crippen molar-refractivity contribution < 1.29 is 14.2 Å². The van der Waals surface area contributed by atoms with E-state index in [1.807, 2.05) is 103 Å². The lowest BCUT2D eigenvalue weighted by Crippen LogP contribution is -1.96. The molecule has 0 heterocycles. The maximum absolute atomic E-state index is 6.20. The van der Waals surface area contributed by atoms with Crippen molar-refractivity contribution in [3.63, 3.8) is 0 Å². The van der Waals surface area contributed by atoms with E-state index in [1.165, 1.54) is 0 Å². The van der Waals surface area contributed by atoms with Crippen molar-refractivity contribution in [2.75, 3.05) is 0 Å². The zero-order chi connectivity index (χ0) is 19.9. The lowest BCUT2D eigenvalue weighted by atomic mass is 10.2. The number of alkyl halides is 1. The molecule has 0 saturated heterocycles. The van der Waals surface area contributed by atoms with Crippen LogP contribution in [0.5, 0.6) is 34.5 Å². The van der Waals surface area contributed by atoms with Gasteiger partial charge in [0, 0.05) is 17.0 Å². The van der Waals surface area contributed by atoms with Gasteiger partial charge in [0.15, 0.2) is 11.5 Å². The smallest absolute Gasteiger partial charge is 0.174 e. The summed E-state index contributed by atoms with van der Waals surface area (Å²) in [6, 6.07) is 32.8. The van der Waals surface area contributed by atoms with Gasteiger partial charge >= 0.3 is 0 Å². The summed E-state index contributed by atoms with van der Waals surface area (Å²) in [6.45, 7) is 0. The average molecular weight is 447 g/mol. The van der Waals surface area contributed by atoms with Crippen LogP contribution in [0.1, 0.15) is 5.56 Å². The Bertz CT molecular complexity index is 1050. The first kappa shape index (κ1) is 19.1. The second kappa shape index (κ2) is 9.30. The molecule has 0 atom stereocenters. The van der Waals surface area contributed by atoms with E-state index in [0.717, 1.165) is 22.8 Å². The zero-order valence-electron chi connectivity index (χ0n) is 15.6. The third kappa shape index (κ3) is 4.98. The van der Waals surface area contributed by atoms with E-state index in [0.29, 0.717) is 22.6 Å². The van der Waals surface area contributed by atoms with Gasteiger partial charge in [-0.3, -0.25) is 0 Å². The first-order valence-electron chi connectivity index (χ1n) is 9.23. The van der Waals surface area contributed by atoms with Crippen molar-refractivity contribution in [1.82, 2.24) is 0 Å². The van der Waals surface area contributed by atoms with Gasteiger partial charge < -0.3 is 14.2 Å². The molecule has 0 N–H and O–H groups in total. The fraction of sp³-hybridized carbons (Fsp3) is 0.0400. The van der Waals surface area contributed by atoms with Crippen LogP contribution in [-0.2, 0) is 5.33 Å². The molecule has 0 aliphatic carbocycles. The molecule has 0 aromatic heterocycles. The second-order valence-corrected chi connectivity index (χ2v) is 6.85. The van der Waals surface area contributed by atoms with Gasteiger partial charge in [-0.05, 0) is 42.5 Å². The van der Waals surface area contributed by atoms with E-state index < -0.39 is 0 Å². The normalized spacial score (nSPS) is 10.4. The Morgan fingerprint density at radius 3 is 1.52 bits per heavy atom. The highest BCUT2D eigenvalue weighted by atomic mass is 79.9. The van der Waals surface area contributed by atoms with Crippen molar-refractivity contribution in [1.29, 1.82) is 0 Å². The Morgan fingerprint density at radius 1 is 0.517 bits per heavy atom. The van der Waals surface area contributed by atoms with E-state index in [2.05, 4.69) is 15.9 Å². The zero-order valence-corrected chi connectivity index (χ0v) is 17.2. The fourth-order valence-corrected chi connectivity index (χ4v) is 3.24. The van der Waals surface area contributed by atoms with Gasteiger partial charge in [0.2, 0.25) is 0 Å². The van der Waals surface area contributed by atoms with Crippen molar-refractivity contribution in [2.24, 2.45) is 0 Å². The molecule has 4 rings (SSSR count). The number of hydrogen-bond donors (Lipinski definition) is 0. The Hall–Kier alpha value is -3.24. The minimum Gasteiger partial charge on any atom is -0.457 e. The fourth-order valence-electron chi connectivity index (χ4n) is 2.83. The molecule has 0 fully saturated rings. The predicted octanol–water partition coefficient (Wildman–Crippen LogP) is 7.96. The molecule has 0 amide bonds. The Kier molecular flexibility index (Phi) is 6.13. The van der Waals surface area contributed by atoms with Gasteiger partial charge in [-0.1, -0.05) is 70.5 Å². The quantitative estimate of drug-likeness (QED) is 0.269. The second-order valence-electron chi connectivity index (χ2n) is 6.29. The van der Waals surface area contributed by atoms with E-state index in [-0.39, 0.29) is 0 Å². The van der Waals surface area contributed by atoms with Crippen LogP contribution in [-0.4, -0.2) is 0 Å². The molecule has 0 spiro atoms. The topological polar surface area (TPSA) is 27.7 Å². The number of benzene rings is 4. The molecule has 4 aromatic rings. The monoisotopic (exact) mass is 446 g/mol. The van der Waals surface area contributed by atoms with Crippen LogP contribution in [0.2, 0.25) is 0 Å². The first-order valence-corrected chi connectivity index (χ1v) is 10.4. The van der Waals surface area contributed by atoms with Crippen molar-refractivity contribution in [3.8, 4) is 34.5 Å². The predicted molar refractivity (Wildman–Crippen MR) is 119 cm³/mol. The van der Waals surface area contributed by atoms with E-state index in [4.69, 9.17) is 14.2 Å². The molecular weight excluding hydrogens is 428 g/mol. The van der Waals surface area contributed by atoms with Gasteiger partial charge in [-0.25, -0.2) is 0 Å². The van der Waals surface area contributed by atoms with Crippen LogP contribution in [0.15, 0.2) is 103 Å². The molecule has 3 nitrogen and oxygen atoms in total. The lowest BCUT2D eigenvalue weighted by Gasteiger charge is -2.17. The third-order valence-corrected chi connectivity index (χ3v) is 4.77. The molecule has 4 aromatic carbocycles. The molecule has 0 saturated carbocycles. The van der Waals surface area contributed by atoms with Crippen molar-refractivity contribution in [3.05, 3.63) is 109 Å². The van der Waals surface area contributed by atoms with Crippen LogP contribution in [0.3, 0.4) is 0 Å². The van der Waals surface area contributed by atoms with Gasteiger partial charge in [-0.2, -0.15) is 0 Å². The van der Waals surface area contributed by atoms with E-state index in [1.54, 1.807) is 0 Å². The minimum absolute atomic E-state index is 0.586. The molecule has 0 bridgehead atoms. The first-order chi connectivity index (χ1) is 14.3. The van der Waals surface area contributed by atoms with Crippen LogP contribution in [0.25, 0.3) is 0 Å². The van der Waals surface area contributed by atoms with Gasteiger partial charge in [0.05, 0.1) is 0 Å². The standard InChI is InChI=1S/C25H19BrO3/c26-18-19-16-23(27-20-10-4-1-5-11-20)17-24(28-21-12-6-2-7-13-21)25(19)29-22-14-8-3-9-15-22/h1-17H,18H2. The SMILES string of the molecule is BrCc1cc(Oc2ccccc2)cc(Oc2ccccc2)c1Oc1ccccc1. The maximum Gasteiger partial charge on any atom is 0.174 e. The lowest BCUT2D eigenvalue weighted by molar-refractivity contribution is 0.409. The highest BCUT2D eigenvalue weighted by molar-refractivity contribution is 9.08. The average Bonchev–Trinajstić information content (AvgIpc) is 2.77. The molecule has 29 heavy (non-hydrogen) atoms. The van der Waals surface area contributed by atoms with Crippen LogP contribution in [0.4, 0.5) is 0 Å². The maximum atomic E-state index is 6.20. The van der Waals surface area contributed by atoms with Gasteiger partial charge in [0.1, 0.15) is 23.0 Å². The number of rotatable bonds is 7. The Balaban J connectivity index is 1.75. The highest BCUT2D eigenvalue weighted by Crippen LogP contribution is 2.42. The molecule has 0 aliphatic heterocycles. The molecule has 0 aliphatic rings. The summed E-state index contributed by atoms with van der Waals surface area (Å²) in [5.74, 6) is 4.14. The molecule has 144 valence electrons. The summed E-state index contributed by atoms with van der Waals surface area (Å²) < 4.78 is 18.4. The summed E-state index contributed by atoms with van der Waals surface area (Å²) in [7, 11) is 0. The summed E-state index contributed by atoms with van der Waals surface area (Å²) in [5, 5.41) is 0.590. The van der Waals surface area contributed by atoms with Gasteiger partial charge in [-0.15, -0.1) is 0 Å². The number of halogens is 1. The van der Waals surface area contributed by atoms with Crippen molar-refractivity contribution in [2.45, 2.75) is 5.33 Å². The molecule has 0 unspecified atom stereocenters. The van der Waals surface area contributed by atoms with Crippen LogP contribution < -0.4 is 14.2 Å². The Labute approximate surface area is 178 Å². The number of para-hydroxylation sites is 3. The van der Waals surface area contributed by atoms with Crippen LogP contribution >= 0.6 is 15.9 Å². The summed E-state index contributed by atoms with van der Waals surface area (Å²) in [4.78, 5) is 0. The van der Waals surface area contributed by atoms with E-state index in [9.17, 15) is 0 Å². The number of hydrogen-bond acceptors (Lipinski definition) is 3. The highest BCUT2D eigenvalue weighted by Gasteiger charge is 2.16. The molecule has 4 heteroatoms. The van der Waals surface area contributed by atoms with Gasteiger partial charge in [0.25, 0.3) is 0 Å². The van der Waals surface area contributed by atoms with Crippen molar-refractivity contribution >= 4 is 15.9 Å². The molecular formula is C25H19BrO3. The number of ether oxygens (including phenoxy) is 3. The van der Waals surface area contributed by atoms with E-state index >= 15 is 0 Å². The summed E-state index contributed by atoms with van der Waals surface area (Å²) in [6.07, 6.45) is 0. The molecule has 0 radical (unpaired) electrons. The summed E-state index contributed by atoms with van der Waals surface area (Å²) >= 11 is 3.57. The summed E-state index contributed by atoms with van der Waals surface area (Å²) in [5.41, 5.74) is 0.924. The Morgan fingerprint density at radius 2 is 1.00 bits per heavy atom. The minimum atomic E-state index is 0.586. The van der Waals surface area contributed by atoms with Crippen LogP contribution in [0, 0.1) is 0 Å². The third-order valence-electron chi connectivity index (χ3n) is 4.16.